The van der Waals surface area contributed by atoms with Gasteiger partial charge in [0.05, 0.1) is 21.5 Å². The van der Waals surface area contributed by atoms with Gasteiger partial charge in [-0.1, -0.05) is 0 Å². The van der Waals surface area contributed by atoms with Gasteiger partial charge in [0.1, 0.15) is 11.7 Å². The number of benzene rings is 1. The number of aromatic nitrogens is 3. The normalized spacial score (nSPS) is 19.5. The van der Waals surface area contributed by atoms with E-state index in [4.69, 9.17) is 5.11 Å². The molecule has 2 atom stereocenters. The zero-order valence-corrected chi connectivity index (χ0v) is 16.8. The second-order valence-corrected chi connectivity index (χ2v) is 8.50. The first-order chi connectivity index (χ1) is 14.1. The van der Waals surface area contributed by atoms with Gasteiger partial charge in [-0.25, -0.2) is 9.36 Å². The van der Waals surface area contributed by atoms with Crippen molar-refractivity contribution in [3.8, 4) is 5.69 Å². The summed E-state index contributed by atoms with van der Waals surface area (Å²) in [7, 11) is 0.947. The highest BCUT2D eigenvalue weighted by Gasteiger charge is 2.35. The van der Waals surface area contributed by atoms with E-state index in [0.29, 0.717) is 32.0 Å². The van der Waals surface area contributed by atoms with E-state index >= 15 is 0 Å². The largest absolute Gasteiger partial charge is 0.480 e. The molecule has 1 saturated heterocycles. The molecule has 2 aromatic heterocycles. The van der Waals surface area contributed by atoms with E-state index in [1.54, 1.807) is 6.07 Å². The first-order valence-corrected chi connectivity index (χ1v) is 10.3. The summed E-state index contributed by atoms with van der Waals surface area (Å²) in [4.78, 5) is 36.0. The molecule has 158 valence electrons. The molecule has 8 nitrogen and oxygen atoms in total. The Balaban J connectivity index is 1.82. The Morgan fingerprint density at radius 3 is 2.67 bits per heavy atom. The minimum absolute atomic E-state index is 0.0982. The predicted molar refractivity (Wildman–Crippen MR) is 105 cm³/mol. The van der Waals surface area contributed by atoms with Crippen LogP contribution in [0.2, 0.25) is 0 Å². The van der Waals surface area contributed by atoms with Crippen LogP contribution in [0.5, 0.6) is 0 Å². The monoisotopic (exact) mass is 458 g/mol. The average molecular weight is 458 g/mol. The lowest BCUT2D eigenvalue weighted by Crippen LogP contribution is -2.40. The van der Waals surface area contributed by atoms with Gasteiger partial charge >= 0.3 is 17.8 Å². The van der Waals surface area contributed by atoms with Gasteiger partial charge in [-0.05, 0) is 29.7 Å². The van der Waals surface area contributed by atoms with Crippen molar-refractivity contribution >= 4 is 39.3 Å². The summed E-state index contributed by atoms with van der Waals surface area (Å²) in [5.74, 6) is -0.637. The van der Waals surface area contributed by atoms with Crippen molar-refractivity contribution in [3.05, 3.63) is 56.5 Å². The SMILES string of the molecule is Cn1c(C(F)(F)F)cc(=O)n(-c2ccc3snc(C4NC(C(=O)O)CS4)c3c2)c1=O. The van der Waals surface area contributed by atoms with Crippen LogP contribution < -0.4 is 16.6 Å². The van der Waals surface area contributed by atoms with E-state index in [0.717, 1.165) is 23.3 Å². The van der Waals surface area contributed by atoms with Gasteiger partial charge in [-0.2, -0.15) is 17.5 Å². The fraction of sp³-hybridized carbons (Fsp3) is 0.294. The lowest BCUT2D eigenvalue weighted by atomic mass is 10.2. The third-order valence-corrected chi connectivity index (χ3v) is 6.74. The fourth-order valence-corrected chi connectivity index (χ4v) is 5.26. The molecule has 30 heavy (non-hydrogen) atoms. The molecule has 0 bridgehead atoms. The summed E-state index contributed by atoms with van der Waals surface area (Å²) in [5.41, 5.74) is -2.92. The summed E-state index contributed by atoms with van der Waals surface area (Å²) in [5, 5.41) is 12.3. The summed E-state index contributed by atoms with van der Waals surface area (Å²) in [6.07, 6.45) is -4.84. The second-order valence-electron chi connectivity index (χ2n) is 6.56. The highest BCUT2D eigenvalue weighted by molar-refractivity contribution is 7.99. The first kappa shape index (κ1) is 20.6. The van der Waals surface area contributed by atoms with Crippen LogP contribution in [0.25, 0.3) is 15.8 Å². The first-order valence-electron chi connectivity index (χ1n) is 8.48. The molecular weight excluding hydrogens is 445 g/mol. The quantitative estimate of drug-likeness (QED) is 0.618. The third-order valence-electron chi connectivity index (χ3n) is 4.68. The molecule has 0 radical (unpaired) electrons. The molecule has 3 heterocycles. The number of halogens is 3. The van der Waals surface area contributed by atoms with E-state index in [2.05, 4.69) is 9.69 Å². The number of carboxylic acid groups (broad SMARTS) is 1. The molecule has 2 unspecified atom stereocenters. The molecule has 1 fully saturated rings. The van der Waals surface area contributed by atoms with Crippen molar-refractivity contribution < 1.29 is 23.1 Å². The number of rotatable bonds is 3. The summed E-state index contributed by atoms with van der Waals surface area (Å²) in [6, 6.07) is 4.22. The molecule has 4 rings (SSSR count). The van der Waals surface area contributed by atoms with Crippen LogP contribution in [-0.4, -0.2) is 36.4 Å². The van der Waals surface area contributed by atoms with E-state index < -0.39 is 40.5 Å². The van der Waals surface area contributed by atoms with Crippen LogP contribution >= 0.6 is 23.3 Å². The van der Waals surface area contributed by atoms with Gasteiger partial charge in [0, 0.05) is 24.3 Å². The molecule has 0 spiro atoms. The molecule has 13 heteroatoms. The van der Waals surface area contributed by atoms with Gasteiger partial charge in [-0.3, -0.25) is 19.5 Å². The molecule has 1 aliphatic heterocycles. The van der Waals surface area contributed by atoms with Crippen molar-refractivity contribution in [2.24, 2.45) is 7.05 Å². The Morgan fingerprint density at radius 2 is 2.03 bits per heavy atom. The molecule has 1 aliphatic rings. The van der Waals surface area contributed by atoms with E-state index in [-0.39, 0.29) is 5.69 Å². The zero-order valence-electron chi connectivity index (χ0n) is 15.1. The maximum Gasteiger partial charge on any atom is 0.431 e. The molecule has 0 saturated carbocycles. The zero-order chi connectivity index (χ0) is 21.8. The summed E-state index contributed by atoms with van der Waals surface area (Å²) < 4.78 is 45.3. The van der Waals surface area contributed by atoms with Crippen LogP contribution in [-0.2, 0) is 18.0 Å². The Bertz CT molecular complexity index is 1280. The average Bonchev–Trinajstić information content (AvgIpc) is 3.30. The van der Waals surface area contributed by atoms with E-state index in [1.807, 2.05) is 0 Å². The van der Waals surface area contributed by atoms with Crippen LogP contribution in [0.3, 0.4) is 0 Å². The standard InChI is InChI=1S/C17H13F3N4O4S2/c1-23-11(17(18,19)20)5-12(25)24(16(23)28)7-2-3-10-8(4-7)13(22-30-10)14-21-9(6-29-14)15(26)27/h2-5,9,14,21H,6H2,1H3,(H,26,27). The van der Waals surface area contributed by atoms with Crippen LogP contribution in [0.15, 0.2) is 33.9 Å². The minimum atomic E-state index is -4.84. The highest BCUT2D eigenvalue weighted by Crippen LogP contribution is 2.38. The number of alkyl halides is 3. The number of thioether (sulfide) groups is 1. The van der Waals surface area contributed by atoms with Gasteiger partial charge in [0.15, 0.2) is 0 Å². The summed E-state index contributed by atoms with van der Waals surface area (Å²) in [6.45, 7) is 0. The lowest BCUT2D eigenvalue weighted by molar-refractivity contribution is -0.144. The van der Waals surface area contributed by atoms with Crippen molar-refractivity contribution in [3.63, 3.8) is 0 Å². The maximum atomic E-state index is 13.1. The number of carboxylic acids is 1. The van der Waals surface area contributed by atoms with Crippen molar-refractivity contribution in [2.45, 2.75) is 17.6 Å². The van der Waals surface area contributed by atoms with Crippen molar-refractivity contribution in [1.29, 1.82) is 0 Å². The Morgan fingerprint density at radius 1 is 1.30 bits per heavy atom. The highest BCUT2D eigenvalue weighted by atomic mass is 32.2. The molecule has 3 aromatic rings. The number of hydrogen-bond donors (Lipinski definition) is 2. The van der Waals surface area contributed by atoms with Gasteiger partial charge in [-0.15, -0.1) is 11.8 Å². The number of hydrogen-bond acceptors (Lipinski definition) is 7. The van der Waals surface area contributed by atoms with Crippen molar-refractivity contribution in [2.75, 3.05) is 5.75 Å². The maximum absolute atomic E-state index is 13.1. The Hall–Kier alpha value is -2.64. The minimum Gasteiger partial charge on any atom is -0.480 e. The van der Waals surface area contributed by atoms with Crippen LogP contribution in [0.1, 0.15) is 16.8 Å². The van der Waals surface area contributed by atoms with Crippen LogP contribution in [0, 0.1) is 0 Å². The molecule has 0 aliphatic carbocycles. The summed E-state index contributed by atoms with van der Waals surface area (Å²) >= 11 is 2.52. The molecule has 0 amide bonds. The number of fused-ring (bicyclic) bond motifs is 1. The number of nitrogens with one attached hydrogen (secondary N) is 1. The van der Waals surface area contributed by atoms with E-state index in [1.165, 1.54) is 23.9 Å². The third kappa shape index (κ3) is 3.42. The molecule has 2 N–H and O–H groups in total. The fourth-order valence-electron chi connectivity index (χ4n) is 3.18. The smallest absolute Gasteiger partial charge is 0.431 e. The second kappa shape index (κ2) is 7.25. The number of nitrogens with zero attached hydrogens (tertiary/aromatic N) is 3. The topological polar surface area (TPSA) is 106 Å². The van der Waals surface area contributed by atoms with E-state index in [9.17, 15) is 27.6 Å². The molecular formula is C17H13F3N4O4S2. The lowest BCUT2D eigenvalue weighted by Gasteiger charge is -2.14. The Labute approximate surface area is 174 Å². The molecule has 1 aromatic carbocycles. The predicted octanol–water partition coefficient (Wildman–Crippen LogP) is 1.95. The van der Waals surface area contributed by atoms with Gasteiger partial charge < -0.3 is 5.11 Å². The van der Waals surface area contributed by atoms with Crippen LogP contribution in [0.4, 0.5) is 13.2 Å². The number of carbonyl (C=O) groups is 1. The van der Waals surface area contributed by atoms with Gasteiger partial charge in [0.2, 0.25) is 0 Å². The number of aliphatic carboxylic acids is 1. The van der Waals surface area contributed by atoms with Gasteiger partial charge in [0.25, 0.3) is 5.56 Å². The Kier molecular flexibility index (Phi) is 4.98. The van der Waals surface area contributed by atoms with Crippen molar-refractivity contribution in [1.82, 2.24) is 18.8 Å².